The summed E-state index contributed by atoms with van der Waals surface area (Å²) in [6.45, 7) is 2.41. The molecule has 2 heterocycles. The maximum Gasteiger partial charge on any atom is 0.220 e. The predicted octanol–water partition coefficient (Wildman–Crippen LogP) is 5.14. The number of halogens is 1. The van der Waals surface area contributed by atoms with Crippen molar-refractivity contribution in [1.29, 1.82) is 0 Å². The van der Waals surface area contributed by atoms with Gasteiger partial charge in [0.25, 0.3) is 0 Å². The van der Waals surface area contributed by atoms with E-state index in [1.54, 1.807) is 7.11 Å². The van der Waals surface area contributed by atoms with Crippen molar-refractivity contribution in [3.8, 4) is 16.9 Å². The summed E-state index contributed by atoms with van der Waals surface area (Å²) in [7, 11) is 1.69. The molecule has 2 aliphatic heterocycles. The molecule has 1 spiro atoms. The molecule has 2 fully saturated rings. The topological polar surface area (TPSA) is 41.6 Å². The van der Waals surface area contributed by atoms with Crippen LogP contribution >= 0.6 is 0 Å². The fourth-order valence-corrected chi connectivity index (χ4v) is 5.57. The molecule has 0 aliphatic carbocycles. The van der Waals surface area contributed by atoms with Crippen molar-refractivity contribution in [2.24, 2.45) is 0 Å². The molecule has 5 heteroatoms. The van der Waals surface area contributed by atoms with E-state index in [4.69, 9.17) is 4.74 Å². The van der Waals surface area contributed by atoms with E-state index in [1.165, 1.54) is 17.7 Å². The number of para-hydroxylation sites is 1. The van der Waals surface area contributed by atoms with Gasteiger partial charge >= 0.3 is 0 Å². The summed E-state index contributed by atoms with van der Waals surface area (Å²) >= 11 is 0. The van der Waals surface area contributed by atoms with Crippen LogP contribution in [0.2, 0.25) is 0 Å². The molecule has 1 amide bonds. The van der Waals surface area contributed by atoms with E-state index in [-0.39, 0.29) is 23.2 Å². The summed E-state index contributed by atoms with van der Waals surface area (Å²) in [5, 5.41) is 3.33. The van der Waals surface area contributed by atoms with Crippen molar-refractivity contribution < 1.29 is 13.9 Å². The van der Waals surface area contributed by atoms with Gasteiger partial charge < -0.3 is 10.1 Å². The van der Waals surface area contributed by atoms with Crippen LogP contribution in [-0.2, 0) is 11.3 Å². The van der Waals surface area contributed by atoms with Gasteiger partial charge in [-0.15, -0.1) is 0 Å². The van der Waals surface area contributed by atoms with Gasteiger partial charge in [0.05, 0.1) is 12.6 Å². The summed E-state index contributed by atoms with van der Waals surface area (Å²) in [6.07, 6.45) is 2.41. The molecule has 2 saturated heterocycles. The molecular weight excluding hydrogens is 415 g/mol. The van der Waals surface area contributed by atoms with Crippen LogP contribution < -0.4 is 10.1 Å². The molecule has 1 N–H and O–H groups in total. The third-order valence-corrected chi connectivity index (χ3v) is 7.05. The van der Waals surface area contributed by atoms with Crippen molar-refractivity contribution >= 4 is 5.91 Å². The lowest BCUT2D eigenvalue weighted by Gasteiger charge is -2.39. The van der Waals surface area contributed by atoms with Gasteiger partial charge in [-0.2, -0.15) is 0 Å². The number of methoxy groups -OCH3 is 1. The van der Waals surface area contributed by atoms with E-state index in [0.29, 0.717) is 6.42 Å². The summed E-state index contributed by atoms with van der Waals surface area (Å²) in [6, 6.07) is 23.4. The number of hydrogen-bond acceptors (Lipinski definition) is 3. The zero-order valence-electron chi connectivity index (χ0n) is 18.9. The Hall–Kier alpha value is -3.18. The summed E-state index contributed by atoms with van der Waals surface area (Å²) in [4.78, 5) is 14.8. The normalized spacial score (nSPS) is 23.0. The average Bonchev–Trinajstić information content (AvgIpc) is 3.16. The maximum absolute atomic E-state index is 13.6. The van der Waals surface area contributed by atoms with E-state index < -0.39 is 0 Å². The molecule has 170 valence electrons. The highest BCUT2D eigenvalue weighted by atomic mass is 19.1. The monoisotopic (exact) mass is 444 g/mol. The van der Waals surface area contributed by atoms with Crippen LogP contribution in [0.3, 0.4) is 0 Å². The number of carbonyl (C=O) groups is 1. The van der Waals surface area contributed by atoms with Crippen molar-refractivity contribution in [3.05, 3.63) is 89.7 Å². The molecule has 0 radical (unpaired) electrons. The molecule has 33 heavy (non-hydrogen) atoms. The second-order valence-corrected chi connectivity index (χ2v) is 9.23. The second-order valence-electron chi connectivity index (χ2n) is 9.23. The summed E-state index contributed by atoms with van der Waals surface area (Å²) in [5.74, 6) is 0.882. The van der Waals surface area contributed by atoms with Crippen molar-refractivity contribution in [2.45, 2.75) is 37.3 Å². The Balaban J connectivity index is 1.41. The largest absolute Gasteiger partial charge is 0.496 e. The van der Waals surface area contributed by atoms with Crippen LogP contribution in [0, 0.1) is 5.82 Å². The Bertz CT molecular complexity index is 1150. The molecule has 0 aromatic heterocycles. The Morgan fingerprint density at radius 2 is 1.91 bits per heavy atom. The molecule has 0 saturated carbocycles. The first kappa shape index (κ1) is 21.7. The smallest absolute Gasteiger partial charge is 0.220 e. The zero-order chi connectivity index (χ0) is 22.8. The van der Waals surface area contributed by atoms with Gasteiger partial charge in [0, 0.05) is 37.5 Å². The van der Waals surface area contributed by atoms with Crippen LogP contribution in [0.1, 0.15) is 36.3 Å². The lowest BCUT2D eigenvalue weighted by Crippen LogP contribution is -2.56. The van der Waals surface area contributed by atoms with E-state index in [1.807, 2.05) is 30.3 Å². The van der Waals surface area contributed by atoms with Gasteiger partial charge in [0.1, 0.15) is 11.6 Å². The molecule has 0 unspecified atom stereocenters. The second kappa shape index (κ2) is 8.99. The number of likely N-dealkylation sites (tertiary alicyclic amines) is 1. The third-order valence-electron chi connectivity index (χ3n) is 7.05. The number of carbonyl (C=O) groups excluding carboxylic acids is 1. The Labute approximate surface area is 194 Å². The zero-order valence-corrected chi connectivity index (χ0v) is 18.9. The fraction of sp³-hybridized carbons (Fsp3) is 0.321. The van der Waals surface area contributed by atoms with Crippen LogP contribution in [0.15, 0.2) is 72.8 Å². The molecular formula is C28H29FN2O2. The van der Waals surface area contributed by atoms with E-state index >= 15 is 0 Å². The van der Waals surface area contributed by atoms with Gasteiger partial charge in [0.15, 0.2) is 0 Å². The molecule has 4 nitrogen and oxygen atoms in total. The van der Waals surface area contributed by atoms with Gasteiger partial charge in [-0.3, -0.25) is 9.69 Å². The molecule has 3 aromatic rings. The molecule has 3 aromatic carbocycles. The van der Waals surface area contributed by atoms with Gasteiger partial charge in [-0.25, -0.2) is 4.39 Å². The van der Waals surface area contributed by atoms with Gasteiger partial charge in [-0.1, -0.05) is 48.5 Å². The molecule has 5 rings (SSSR count). The predicted molar refractivity (Wildman–Crippen MR) is 128 cm³/mol. The van der Waals surface area contributed by atoms with Crippen molar-refractivity contribution in [2.75, 3.05) is 20.2 Å². The minimum absolute atomic E-state index is 0.119. The van der Waals surface area contributed by atoms with Crippen molar-refractivity contribution in [1.82, 2.24) is 10.2 Å². The lowest BCUT2D eigenvalue weighted by atomic mass is 9.76. The van der Waals surface area contributed by atoms with Gasteiger partial charge in [-0.05, 0) is 53.8 Å². The SMILES string of the molecule is COc1ccccc1-c1cccc(CN2C[C@@H](c3ccc(F)cc3)[C@@]3(CCCC(=O)N3)C2)c1. The van der Waals surface area contributed by atoms with E-state index in [2.05, 4.69) is 40.5 Å². The highest BCUT2D eigenvalue weighted by molar-refractivity contribution is 5.78. The number of nitrogens with one attached hydrogen (secondary N) is 1. The first-order valence-corrected chi connectivity index (χ1v) is 11.6. The lowest BCUT2D eigenvalue weighted by molar-refractivity contribution is -0.125. The minimum atomic E-state index is -0.298. The Kier molecular flexibility index (Phi) is 5.90. The Morgan fingerprint density at radius 3 is 2.70 bits per heavy atom. The third kappa shape index (κ3) is 4.38. The quantitative estimate of drug-likeness (QED) is 0.593. The van der Waals surface area contributed by atoms with Crippen LogP contribution in [0.25, 0.3) is 11.1 Å². The van der Waals surface area contributed by atoms with Crippen LogP contribution in [-0.4, -0.2) is 36.5 Å². The molecule has 2 atom stereocenters. The standard InChI is InChI=1S/C28H29FN2O2/c1-33-26-9-3-2-8-24(26)22-7-4-6-20(16-22)17-31-18-25(21-11-13-23(29)14-12-21)28(19-31)15-5-10-27(32)30-28/h2-4,6-9,11-14,16,25H,5,10,15,17-19H2,1H3,(H,30,32)/t25-,28+/m0/s1. The summed E-state index contributed by atoms with van der Waals surface area (Å²) < 4.78 is 19.1. The molecule has 0 bridgehead atoms. The number of nitrogens with zero attached hydrogens (tertiary/aromatic N) is 1. The summed E-state index contributed by atoms with van der Waals surface area (Å²) in [5.41, 5.74) is 4.20. The number of benzene rings is 3. The van der Waals surface area contributed by atoms with Crippen LogP contribution in [0.4, 0.5) is 4.39 Å². The van der Waals surface area contributed by atoms with Crippen molar-refractivity contribution in [3.63, 3.8) is 0 Å². The number of rotatable bonds is 5. The Morgan fingerprint density at radius 1 is 1.09 bits per heavy atom. The minimum Gasteiger partial charge on any atom is -0.496 e. The number of piperidine rings is 1. The number of ether oxygens (including phenoxy) is 1. The highest BCUT2D eigenvalue weighted by Gasteiger charge is 2.49. The van der Waals surface area contributed by atoms with E-state index in [9.17, 15) is 9.18 Å². The average molecular weight is 445 g/mol. The maximum atomic E-state index is 13.6. The van der Waals surface area contributed by atoms with Gasteiger partial charge in [0.2, 0.25) is 5.91 Å². The number of amides is 1. The van der Waals surface area contributed by atoms with E-state index in [0.717, 1.165) is 54.9 Å². The number of hydrogen-bond donors (Lipinski definition) is 1. The molecule has 2 aliphatic rings. The first-order chi connectivity index (χ1) is 16.1. The first-order valence-electron chi connectivity index (χ1n) is 11.6. The fourth-order valence-electron chi connectivity index (χ4n) is 5.57. The van der Waals surface area contributed by atoms with Crippen LogP contribution in [0.5, 0.6) is 5.75 Å². The highest BCUT2D eigenvalue weighted by Crippen LogP contribution is 2.42.